The van der Waals surface area contributed by atoms with Crippen molar-refractivity contribution in [1.29, 1.82) is 0 Å². The summed E-state index contributed by atoms with van der Waals surface area (Å²) in [5.41, 5.74) is 0.00415. The number of rotatable bonds is 4. The van der Waals surface area contributed by atoms with Gasteiger partial charge < -0.3 is 9.47 Å². The Kier molecular flexibility index (Phi) is 5.61. The monoisotopic (exact) mass is 394 g/mol. The van der Waals surface area contributed by atoms with E-state index in [-0.39, 0.29) is 36.3 Å². The quantitative estimate of drug-likeness (QED) is 0.796. The number of aromatic nitrogens is 2. The summed E-state index contributed by atoms with van der Waals surface area (Å²) in [4.78, 5) is 18.1. The van der Waals surface area contributed by atoms with E-state index in [4.69, 9.17) is 0 Å². The Hall–Kier alpha value is -2.26. The van der Waals surface area contributed by atoms with Crippen molar-refractivity contribution >= 4 is 15.9 Å². The topological polar surface area (TPSA) is 75.5 Å². The number of halogens is 1. The number of imidazole rings is 1. The molecule has 1 aliphatic rings. The standard InChI is InChI=1S/C18H23FN4O3S/c1-14(2)22-12-17(20-13-22)27(25,26)23-9-5-8-21(10-11-23)18(24)15-6-3-4-7-16(15)19/h3-4,6-7,12-14H,5,8-11H2,1-2H3. The maximum absolute atomic E-state index is 13.9. The molecule has 9 heteroatoms. The van der Waals surface area contributed by atoms with E-state index >= 15 is 0 Å². The van der Waals surface area contributed by atoms with E-state index in [1.807, 2.05) is 13.8 Å². The molecule has 1 fully saturated rings. The van der Waals surface area contributed by atoms with Crippen LogP contribution in [0.2, 0.25) is 0 Å². The summed E-state index contributed by atoms with van der Waals surface area (Å²) in [5, 5.41) is 0.00470. The Balaban J connectivity index is 1.74. The minimum absolute atomic E-state index is 0.00415. The number of nitrogens with zero attached hydrogens (tertiary/aromatic N) is 4. The first-order chi connectivity index (χ1) is 12.8. The summed E-state index contributed by atoms with van der Waals surface area (Å²) >= 11 is 0. The van der Waals surface area contributed by atoms with Crippen LogP contribution in [-0.2, 0) is 10.0 Å². The molecule has 27 heavy (non-hydrogen) atoms. The molecule has 0 spiro atoms. The molecule has 0 saturated carbocycles. The molecule has 0 unspecified atom stereocenters. The molecule has 1 aliphatic heterocycles. The van der Waals surface area contributed by atoms with Crippen molar-refractivity contribution in [2.45, 2.75) is 31.3 Å². The van der Waals surface area contributed by atoms with Crippen LogP contribution in [0.3, 0.4) is 0 Å². The third-order valence-electron chi connectivity index (χ3n) is 4.62. The second-order valence-corrected chi connectivity index (χ2v) is 8.67. The Morgan fingerprint density at radius 2 is 1.89 bits per heavy atom. The van der Waals surface area contributed by atoms with Gasteiger partial charge in [-0.05, 0) is 32.4 Å². The predicted octanol–water partition coefficient (Wildman–Crippen LogP) is 2.14. The van der Waals surface area contributed by atoms with Crippen LogP contribution in [-0.4, -0.2) is 59.3 Å². The maximum atomic E-state index is 13.9. The second kappa shape index (κ2) is 7.77. The predicted molar refractivity (Wildman–Crippen MR) is 98.3 cm³/mol. The third kappa shape index (κ3) is 4.03. The largest absolute Gasteiger partial charge is 0.337 e. The highest BCUT2D eigenvalue weighted by atomic mass is 32.2. The summed E-state index contributed by atoms with van der Waals surface area (Å²) in [6.07, 6.45) is 3.50. The van der Waals surface area contributed by atoms with E-state index in [1.165, 1.54) is 39.9 Å². The van der Waals surface area contributed by atoms with Crippen LogP contribution >= 0.6 is 0 Å². The summed E-state index contributed by atoms with van der Waals surface area (Å²) < 4.78 is 42.7. The minimum atomic E-state index is -3.73. The number of carbonyl (C=O) groups is 1. The average molecular weight is 394 g/mol. The fraction of sp³-hybridized carbons (Fsp3) is 0.444. The molecular weight excluding hydrogens is 371 g/mol. The molecule has 146 valence electrons. The zero-order valence-corrected chi connectivity index (χ0v) is 16.2. The van der Waals surface area contributed by atoms with Gasteiger partial charge in [0, 0.05) is 38.4 Å². The SMILES string of the molecule is CC(C)n1cnc(S(=O)(=O)N2CCCN(C(=O)c3ccccc3F)CC2)c1. The van der Waals surface area contributed by atoms with Gasteiger partial charge >= 0.3 is 0 Å². The first-order valence-corrected chi connectivity index (χ1v) is 10.3. The van der Waals surface area contributed by atoms with Gasteiger partial charge in [0.2, 0.25) is 0 Å². The number of carbonyl (C=O) groups excluding carboxylic acids is 1. The molecule has 0 bridgehead atoms. The van der Waals surface area contributed by atoms with Gasteiger partial charge in [0.1, 0.15) is 5.82 Å². The van der Waals surface area contributed by atoms with Gasteiger partial charge in [0.25, 0.3) is 15.9 Å². The molecule has 2 aromatic rings. The molecule has 2 heterocycles. The molecule has 1 saturated heterocycles. The van der Waals surface area contributed by atoms with E-state index in [0.29, 0.717) is 13.0 Å². The van der Waals surface area contributed by atoms with Gasteiger partial charge in [-0.1, -0.05) is 12.1 Å². The fourth-order valence-corrected chi connectivity index (χ4v) is 4.40. The Bertz CT molecular complexity index is 926. The Morgan fingerprint density at radius 3 is 2.56 bits per heavy atom. The van der Waals surface area contributed by atoms with Crippen LogP contribution in [0.25, 0.3) is 0 Å². The fourth-order valence-electron chi connectivity index (χ4n) is 3.01. The molecule has 7 nitrogen and oxygen atoms in total. The molecule has 0 atom stereocenters. The third-order valence-corrected chi connectivity index (χ3v) is 6.41. The van der Waals surface area contributed by atoms with Gasteiger partial charge in [-0.15, -0.1) is 0 Å². The molecule has 1 aromatic heterocycles. The van der Waals surface area contributed by atoms with E-state index in [2.05, 4.69) is 4.98 Å². The second-order valence-electron chi connectivity index (χ2n) is 6.78. The van der Waals surface area contributed by atoms with Gasteiger partial charge in [0.05, 0.1) is 11.9 Å². The average Bonchev–Trinajstić information content (AvgIpc) is 3.01. The lowest BCUT2D eigenvalue weighted by molar-refractivity contribution is 0.0759. The van der Waals surface area contributed by atoms with E-state index in [1.54, 1.807) is 10.6 Å². The van der Waals surface area contributed by atoms with E-state index in [0.717, 1.165) is 0 Å². The summed E-state index contributed by atoms with van der Waals surface area (Å²) in [5.74, 6) is -0.994. The number of sulfonamides is 1. The van der Waals surface area contributed by atoms with Crippen molar-refractivity contribution in [2.75, 3.05) is 26.2 Å². The highest BCUT2D eigenvalue weighted by molar-refractivity contribution is 7.89. The first kappa shape index (κ1) is 19.5. The van der Waals surface area contributed by atoms with Crippen LogP contribution in [0, 0.1) is 5.82 Å². The lowest BCUT2D eigenvalue weighted by Gasteiger charge is -2.21. The Labute approximate surface area is 158 Å². The summed E-state index contributed by atoms with van der Waals surface area (Å²) in [7, 11) is -3.73. The van der Waals surface area contributed by atoms with Crippen molar-refractivity contribution in [3.63, 3.8) is 0 Å². The van der Waals surface area contributed by atoms with Gasteiger partial charge in [-0.2, -0.15) is 4.31 Å². The van der Waals surface area contributed by atoms with Gasteiger partial charge in [0.15, 0.2) is 5.03 Å². The molecule has 3 rings (SSSR count). The number of amides is 1. The van der Waals surface area contributed by atoms with Crippen LogP contribution in [0.15, 0.2) is 41.8 Å². The van der Waals surface area contributed by atoms with E-state index in [9.17, 15) is 17.6 Å². The zero-order valence-electron chi connectivity index (χ0n) is 15.4. The molecular formula is C18H23FN4O3S. The first-order valence-electron chi connectivity index (χ1n) is 8.88. The molecule has 1 aromatic carbocycles. The van der Waals surface area contributed by atoms with Gasteiger partial charge in [-0.25, -0.2) is 17.8 Å². The molecule has 0 aliphatic carbocycles. The van der Waals surface area contributed by atoms with E-state index < -0.39 is 21.7 Å². The van der Waals surface area contributed by atoms with Crippen LogP contribution in [0.5, 0.6) is 0 Å². The Morgan fingerprint density at radius 1 is 1.15 bits per heavy atom. The number of hydrogen-bond acceptors (Lipinski definition) is 4. The van der Waals surface area contributed by atoms with Crippen LogP contribution < -0.4 is 0 Å². The van der Waals surface area contributed by atoms with Crippen molar-refractivity contribution < 1.29 is 17.6 Å². The number of benzene rings is 1. The van der Waals surface area contributed by atoms with Crippen molar-refractivity contribution in [3.8, 4) is 0 Å². The van der Waals surface area contributed by atoms with Crippen molar-refractivity contribution in [3.05, 3.63) is 48.2 Å². The molecule has 1 amide bonds. The smallest absolute Gasteiger partial charge is 0.262 e. The normalized spacial score (nSPS) is 16.5. The lowest BCUT2D eigenvalue weighted by atomic mass is 10.2. The van der Waals surface area contributed by atoms with Crippen molar-refractivity contribution in [2.24, 2.45) is 0 Å². The highest BCUT2D eigenvalue weighted by Gasteiger charge is 2.30. The molecule has 0 radical (unpaired) electrons. The summed E-state index contributed by atoms with van der Waals surface area (Å²) in [6, 6.07) is 5.93. The maximum Gasteiger partial charge on any atom is 0.262 e. The van der Waals surface area contributed by atoms with Crippen LogP contribution in [0.4, 0.5) is 4.39 Å². The number of hydrogen-bond donors (Lipinski definition) is 0. The van der Waals surface area contributed by atoms with Crippen LogP contribution in [0.1, 0.15) is 36.7 Å². The zero-order chi connectivity index (χ0) is 19.6. The minimum Gasteiger partial charge on any atom is -0.337 e. The van der Waals surface area contributed by atoms with Crippen molar-refractivity contribution in [1.82, 2.24) is 18.8 Å². The lowest BCUT2D eigenvalue weighted by Crippen LogP contribution is -2.37. The highest BCUT2D eigenvalue weighted by Crippen LogP contribution is 2.19. The van der Waals surface area contributed by atoms with Gasteiger partial charge in [-0.3, -0.25) is 4.79 Å². The molecule has 0 N–H and O–H groups in total. The summed E-state index contributed by atoms with van der Waals surface area (Å²) in [6.45, 7) is 4.90.